The molecule has 1 aromatic heterocycles. The van der Waals surface area contributed by atoms with Gasteiger partial charge in [-0.1, -0.05) is 12.1 Å². The maximum absolute atomic E-state index is 6.13. The topological polar surface area (TPSA) is 50.4 Å². The molecule has 0 saturated heterocycles. The van der Waals surface area contributed by atoms with Crippen molar-refractivity contribution in [3.63, 3.8) is 0 Å². The van der Waals surface area contributed by atoms with Crippen LogP contribution in [0.25, 0.3) is 11.0 Å². The second kappa shape index (κ2) is 5.27. The van der Waals surface area contributed by atoms with Gasteiger partial charge in [-0.15, -0.1) is 0 Å². The molecular formula is C20H15N3O2. The van der Waals surface area contributed by atoms with Crippen LogP contribution < -0.4 is 14.4 Å². The molecule has 0 fully saturated rings. The molecule has 1 aliphatic rings. The van der Waals surface area contributed by atoms with E-state index in [0.717, 1.165) is 45.3 Å². The quantitative estimate of drug-likeness (QED) is 0.487. The molecule has 5 heteroatoms. The molecule has 0 amide bonds. The van der Waals surface area contributed by atoms with Crippen molar-refractivity contribution in [2.75, 3.05) is 12.0 Å². The first-order valence-electron chi connectivity index (χ1n) is 8.02. The van der Waals surface area contributed by atoms with E-state index in [1.54, 1.807) is 13.4 Å². The van der Waals surface area contributed by atoms with Gasteiger partial charge in [0.2, 0.25) is 0 Å². The van der Waals surface area contributed by atoms with Crippen LogP contribution in [0.1, 0.15) is 0 Å². The summed E-state index contributed by atoms with van der Waals surface area (Å²) in [6.45, 7) is 0. The van der Waals surface area contributed by atoms with E-state index in [1.165, 1.54) is 0 Å². The molecule has 0 bridgehead atoms. The Kier molecular flexibility index (Phi) is 2.94. The standard InChI is InChI=1S/C20H15N3O2/c1-24-14-8-6-13(7-9-14)23-16-4-2-3-5-17(16)25-18-11-10-15-19(20(18)23)22-12-21-15/h2-12H,1H3,(H,21,22). The minimum absolute atomic E-state index is 0.786. The highest BCUT2D eigenvalue weighted by Gasteiger charge is 2.28. The number of aromatic nitrogens is 2. The van der Waals surface area contributed by atoms with Crippen LogP contribution in [-0.4, -0.2) is 17.1 Å². The molecule has 2 heterocycles. The summed E-state index contributed by atoms with van der Waals surface area (Å²) in [5.41, 5.74) is 4.79. The normalized spacial score (nSPS) is 12.4. The van der Waals surface area contributed by atoms with E-state index in [-0.39, 0.29) is 0 Å². The van der Waals surface area contributed by atoms with Crippen molar-refractivity contribution >= 4 is 28.1 Å². The Hall–Kier alpha value is -3.47. The Morgan fingerprint density at radius 1 is 0.960 bits per heavy atom. The van der Waals surface area contributed by atoms with Crippen LogP contribution in [0.15, 0.2) is 67.0 Å². The number of para-hydroxylation sites is 2. The highest BCUT2D eigenvalue weighted by atomic mass is 16.5. The minimum atomic E-state index is 0.786. The number of hydrogen-bond donors (Lipinski definition) is 1. The molecule has 1 aliphatic heterocycles. The Morgan fingerprint density at radius 3 is 2.64 bits per heavy atom. The van der Waals surface area contributed by atoms with Gasteiger partial charge in [0.25, 0.3) is 0 Å². The SMILES string of the molecule is COc1ccc(N2c3ccccc3Oc3ccc4[nH]cnc4c32)cc1. The van der Waals surface area contributed by atoms with E-state index >= 15 is 0 Å². The maximum Gasteiger partial charge on any atom is 0.153 e. The van der Waals surface area contributed by atoms with Gasteiger partial charge in [-0.05, 0) is 48.5 Å². The number of H-pyrrole nitrogens is 1. The van der Waals surface area contributed by atoms with E-state index in [9.17, 15) is 0 Å². The van der Waals surface area contributed by atoms with Gasteiger partial charge in [0.1, 0.15) is 17.0 Å². The zero-order valence-electron chi connectivity index (χ0n) is 13.6. The number of aromatic amines is 1. The Balaban J connectivity index is 1.79. The van der Waals surface area contributed by atoms with Crippen molar-refractivity contribution in [1.29, 1.82) is 0 Å². The highest BCUT2D eigenvalue weighted by molar-refractivity contribution is 6.00. The lowest BCUT2D eigenvalue weighted by Gasteiger charge is -2.33. The number of imidazole rings is 1. The minimum Gasteiger partial charge on any atom is -0.497 e. The molecule has 0 atom stereocenters. The molecule has 0 saturated carbocycles. The van der Waals surface area contributed by atoms with Crippen molar-refractivity contribution in [3.05, 3.63) is 67.0 Å². The summed E-state index contributed by atoms with van der Waals surface area (Å²) in [6.07, 6.45) is 1.71. The van der Waals surface area contributed by atoms with E-state index in [2.05, 4.69) is 14.9 Å². The van der Waals surface area contributed by atoms with E-state index in [4.69, 9.17) is 9.47 Å². The van der Waals surface area contributed by atoms with Crippen LogP contribution in [0.5, 0.6) is 17.2 Å². The van der Waals surface area contributed by atoms with Crippen LogP contribution in [0.3, 0.4) is 0 Å². The van der Waals surface area contributed by atoms with Gasteiger partial charge in [-0.2, -0.15) is 0 Å². The largest absolute Gasteiger partial charge is 0.497 e. The summed E-state index contributed by atoms with van der Waals surface area (Å²) in [5.74, 6) is 2.43. The molecule has 5 nitrogen and oxygen atoms in total. The molecule has 122 valence electrons. The summed E-state index contributed by atoms with van der Waals surface area (Å²) in [6, 6.07) is 20.0. The first-order valence-corrected chi connectivity index (χ1v) is 8.02. The predicted molar refractivity (Wildman–Crippen MR) is 97.4 cm³/mol. The number of ether oxygens (including phenoxy) is 2. The first-order chi connectivity index (χ1) is 12.3. The summed E-state index contributed by atoms with van der Waals surface area (Å²) in [7, 11) is 1.67. The lowest BCUT2D eigenvalue weighted by Crippen LogP contribution is -2.16. The van der Waals surface area contributed by atoms with Crippen LogP contribution in [0, 0.1) is 0 Å². The van der Waals surface area contributed by atoms with Gasteiger partial charge < -0.3 is 19.4 Å². The predicted octanol–water partition coefficient (Wildman–Crippen LogP) is 5.15. The van der Waals surface area contributed by atoms with Crippen LogP contribution >= 0.6 is 0 Å². The van der Waals surface area contributed by atoms with Crippen LogP contribution in [0.4, 0.5) is 17.1 Å². The number of fused-ring (bicyclic) bond motifs is 4. The zero-order valence-corrected chi connectivity index (χ0v) is 13.6. The summed E-state index contributed by atoms with van der Waals surface area (Å²) in [5, 5.41) is 0. The number of methoxy groups -OCH3 is 1. The van der Waals surface area contributed by atoms with Gasteiger partial charge in [0.15, 0.2) is 11.5 Å². The molecular weight excluding hydrogens is 314 g/mol. The fourth-order valence-electron chi connectivity index (χ4n) is 3.24. The number of nitrogens with one attached hydrogen (secondary N) is 1. The molecule has 1 N–H and O–H groups in total. The van der Waals surface area contributed by atoms with Gasteiger partial charge in [0, 0.05) is 5.69 Å². The maximum atomic E-state index is 6.13. The fraction of sp³-hybridized carbons (Fsp3) is 0.0500. The molecule has 5 rings (SSSR count). The Bertz CT molecular complexity index is 1070. The summed E-state index contributed by atoms with van der Waals surface area (Å²) < 4.78 is 11.4. The molecule has 0 aliphatic carbocycles. The third-order valence-corrected chi connectivity index (χ3v) is 4.41. The van der Waals surface area contributed by atoms with Crippen molar-refractivity contribution < 1.29 is 9.47 Å². The second-order valence-corrected chi connectivity index (χ2v) is 5.81. The number of hydrogen-bond acceptors (Lipinski definition) is 4. The van der Waals surface area contributed by atoms with Crippen LogP contribution in [-0.2, 0) is 0 Å². The summed E-state index contributed by atoms with van der Waals surface area (Å²) >= 11 is 0. The van der Waals surface area contributed by atoms with Gasteiger partial charge in [0.05, 0.1) is 24.6 Å². The van der Waals surface area contributed by atoms with Crippen molar-refractivity contribution in [2.24, 2.45) is 0 Å². The average Bonchev–Trinajstić information content (AvgIpc) is 3.15. The molecule has 0 spiro atoms. The second-order valence-electron chi connectivity index (χ2n) is 5.81. The Labute approximate surface area is 144 Å². The van der Waals surface area contributed by atoms with Crippen molar-refractivity contribution in [1.82, 2.24) is 9.97 Å². The van der Waals surface area contributed by atoms with Crippen molar-refractivity contribution in [3.8, 4) is 17.2 Å². The zero-order chi connectivity index (χ0) is 16.8. The molecule has 3 aromatic carbocycles. The van der Waals surface area contributed by atoms with E-state index in [0.29, 0.717) is 0 Å². The van der Waals surface area contributed by atoms with E-state index < -0.39 is 0 Å². The third kappa shape index (κ3) is 2.06. The molecule has 25 heavy (non-hydrogen) atoms. The Morgan fingerprint density at radius 2 is 1.80 bits per heavy atom. The number of benzene rings is 3. The highest BCUT2D eigenvalue weighted by Crippen LogP contribution is 2.52. The molecule has 0 radical (unpaired) electrons. The summed E-state index contributed by atoms with van der Waals surface area (Å²) in [4.78, 5) is 9.86. The van der Waals surface area contributed by atoms with Gasteiger partial charge in [-0.3, -0.25) is 0 Å². The fourth-order valence-corrected chi connectivity index (χ4v) is 3.24. The number of nitrogens with zero attached hydrogens (tertiary/aromatic N) is 2. The molecule has 4 aromatic rings. The molecule has 0 unspecified atom stereocenters. The lowest BCUT2D eigenvalue weighted by atomic mass is 10.1. The number of anilines is 3. The average molecular weight is 329 g/mol. The van der Waals surface area contributed by atoms with Gasteiger partial charge >= 0.3 is 0 Å². The van der Waals surface area contributed by atoms with Gasteiger partial charge in [-0.25, -0.2) is 4.98 Å². The van der Waals surface area contributed by atoms with Crippen LogP contribution in [0.2, 0.25) is 0 Å². The number of rotatable bonds is 2. The third-order valence-electron chi connectivity index (χ3n) is 4.41. The van der Waals surface area contributed by atoms with E-state index in [1.807, 2.05) is 60.7 Å². The van der Waals surface area contributed by atoms with Crippen molar-refractivity contribution in [2.45, 2.75) is 0 Å². The monoisotopic (exact) mass is 329 g/mol. The smallest absolute Gasteiger partial charge is 0.153 e. The lowest BCUT2D eigenvalue weighted by molar-refractivity contribution is 0.415. The first kappa shape index (κ1) is 13.9.